The molecule has 0 saturated carbocycles. The molecule has 2 N–H and O–H groups in total. The lowest BCUT2D eigenvalue weighted by atomic mass is 10.2. The third-order valence-electron chi connectivity index (χ3n) is 3.88. The molecular weight excluding hydrogens is 311 g/mol. The largest absolute Gasteiger partial charge is 0.369 e. The number of anilines is 1. The number of aromatic nitrogens is 2. The molecule has 1 aliphatic rings. The van der Waals surface area contributed by atoms with Crippen molar-refractivity contribution in [1.82, 2.24) is 14.5 Å². The molecule has 3 rings (SSSR count). The van der Waals surface area contributed by atoms with E-state index < -0.39 is 0 Å². The van der Waals surface area contributed by atoms with Crippen molar-refractivity contribution in [3.05, 3.63) is 22.4 Å². The molecule has 0 spiro atoms. The summed E-state index contributed by atoms with van der Waals surface area (Å²) in [5.41, 5.74) is 7.46. The van der Waals surface area contributed by atoms with Crippen LogP contribution in [0.2, 0.25) is 0 Å². The van der Waals surface area contributed by atoms with E-state index in [9.17, 15) is 4.39 Å². The molecule has 4 nitrogen and oxygen atoms in total. The monoisotopic (exact) mass is 326 g/mol. The Kier molecular flexibility index (Phi) is 3.22. The second-order valence-electron chi connectivity index (χ2n) is 5.11. The van der Waals surface area contributed by atoms with Gasteiger partial charge in [0.2, 0.25) is 5.95 Å². The van der Waals surface area contributed by atoms with Gasteiger partial charge in [0.25, 0.3) is 0 Å². The average molecular weight is 327 g/mol. The molecule has 1 aliphatic heterocycles. The predicted molar refractivity (Wildman–Crippen MR) is 77.5 cm³/mol. The average Bonchev–Trinajstić information content (AvgIpc) is 2.88. The standard InChI is InChI=1S/C13H16BrFN4/c1-18-4-2-3-8(18)7-19-12-5-9(14)10(15)6-11(12)17-13(19)16/h5-6,8H,2-4,7H2,1H3,(H2,16,17). The summed E-state index contributed by atoms with van der Waals surface area (Å²) >= 11 is 3.22. The van der Waals surface area contributed by atoms with Crippen LogP contribution in [0.4, 0.5) is 10.3 Å². The Hall–Kier alpha value is -1.14. The summed E-state index contributed by atoms with van der Waals surface area (Å²) in [7, 11) is 2.13. The van der Waals surface area contributed by atoms with Gasteiger partial charge in [-0.25, -0.2) is 9.37 Å². The van der Waals surface area contributed by atoms with E-state index in [4.69, 9.17) is 5.73 Å². The fraction of sp³-hybridized carbons (Fsp3) is 0.462. The molecular formula is C13H16BrFN4. The van der Waals surface area contributed by atoms with Crippen molar-refractivity contribution in [3.8, 4) is 0 Å². The van der Waals surface area contributed by atoms with Gasteiger partial charge in [-0.1, -0.05) is 0 Å². The van der Waals surface area contributed by atoms with Crippen LogP contribution in [0.25, 0.3) is 11.0 Å². The fourth-order valence-corrected chi connectivity index (χ4v) is 3.08. The number of rotatable bonds is 2. The Bertz CT molecular complexity index is 625. The number of fused-ring (bicyclic) bond motifs is 1. The molecule has 0 bridgehead atoms. The normalized spacial score (nSPS) is 20.5. The molecule has 0 radical (unpaired) electrons. The number of nitrogens with two attached hydrogens (primary N) is 1. The Balaban J connectivity index is 2.02. The molecule has 6 heteroatoms. The molecule has 1 atom stereocenters. The maximum absolute atomic E-state index is 13.5. The lowest BCUT2D eigenvalue weighted by Gasteiger charge is -2.20. The molecule has 1 fully saturated rings. The summed E-state index contributed by atoms with van der Waals surface area (Å²) in [5.74, 6) is 0.142. The van der Waals surface area contributed by atoms with Gasteiger partial charge >= 0.3 is 0 Å². The lowest BCUT2D eigenvalue weighted by molar-refractivity contribution is 0.285. The maximum atomic E-state index is 13.5. The molecule has 1 aromatic carbocycles. The quantitative estimate of drug-likeness (QED) is 0.922. The SMILES string of the molecule is CN1CCCC1Cn1c(N)nc2cc(F)c(Br)cc21. The Morgan fingerprint density at radius 3 is 3.00 bits per heavy atom. The number of nitrogens with zero attached hydrogens (tertiary/aromatic N) is 3. The summed E-state index contributed by atoms with van der Waals surface area (Å²) in [5, 5.41) is 0. The maximum Gasteiger partial charge on any atom is 0.201 e. The topological polar surface area (TPSA) is 47.1 Å². The highest BCUT2D eigenvalue weighted by molar-refractivity contribution is 9.10. The van der Waals surface area contributed by atoms with Crippen LogP contribution in [-0.2, 0) is 6.54 Å². The third-order valence-corrected chi connectivity index (χ3v) is 4.49. The van der Waals surface area contributed by atoms with Crippen molar-refractivity contribution < 1.29 is 4.39 Å². The Morgan fingerprint density at radius 2 is 2.32 bits per heavy atom. The molecule has 1 unspecified atom stereocenters. The molecule has 2 heterocycles. The first-order valence-corrected chi connectivity index (χ1v) is 7.16. The van der Waals surface area contributed by atoms with E-state index in [0.29, 0.717) is 22.0 Å². The van der Waals surface area contributed by atoms with Gasteiger partial charge in [0.1, 0.15) is 5.82 Å². The van der Waals surface area contributed by atoms with E-state index in [0.717, 1.165) is 25.0 Å². The number of imidazole rings is 1. The van der Waals surface area contributed by atoms with Crippen molar-refractivity contribution in [2.45, 2.75) is 25.4 Å². The molecule has 0 amide bonds. The zero-order valence-corrected chi connectivity index (χ0v) is 12.3. The van der Waals surface area contributed by atoms with Crippen LogP contribution in [0, 0.1) is 5.82 Å². The minimum Gasteiger partial charge on any atom is -0.369 e. The highest BCUT2D eigenvalue weighted by Crippen LogP contribution is 2.27. The predicted octanol–water partition coefficient (Wildman–Crippen LogP) is 2.61. The molecule has 1 saturated heterocycles. The van der Waals surface area contributed by atoms with Crippen molar-refractivity contribution in [1.29, 1.82) is 0 Å². The van der Waals surface area contributed by atoms with Crippen LogP contribution in [0.5, 0.6) is 0 Å². The van der Waals surface area contributed by atoms with Crippen molar-refractivity contribution in [2.24, 2.45) is 0 Å². The van der Waals surface area contributed by atoms with Gasteiger partial charge < -0.3 is 15.2 Å². The first-order valence-electron chi connectivity index (χ1n) is 6.37. The highest BCUT2D eigenvalue weighted by Gasteiger charge is 2.23. The van der Waals surface area contributed by atoms with Crippen LogP contribution >= 0.6 is 15.9 Å². The van der Waals surface area contributed by atoms with E-state index in [-0.39, 0.29) is 5.82 Å². The summed E-state index contributed by atoms with van der Waals surface area (Å²) in [6.07, 6.45) is 2.38. The first-order chi connectivity index (χ1) is 9.06. The number of likely N-dealkylation sites (N-methyl/N-ethyl adjacent to an activating group) is 1. The van der Waals surface area contributed by atoms with Gasteiger partial charge in [0.15, 0.2) is 0 Å². The lowest BCUT2D eigenvalue weighted by Crippen LogP contribution is -2.29. The third kappa shape index (κ3) is 2.23. The van der Waals surface area contributed by atoms with Gasteiger partial charge in [0.05, 0.1) is 15.5 Å². The van der Waals surface area contributed by atoms with E-state index in [2.05, 4.69) is 32.9 Å². The summed E-state index contributed by atoms with van der Waals surface area (Å²) < 4.78 is 15.9. The number of halogens is 2. The van der Waals surface area contributed by atoms with Crippen molar-refractivity contribution >= 4 is 32.9 Å². The second kappa shape index (κ2) is 4.76. The summed E-state index contributed by atoms with van der Waals surface area (Å²) in [4.78, 5) is 6.58. The van der Waals surface area contributed by atoms with Gasteiger partial charge in [0, 0.05) is 18.7 Å². The molecule has 1 aromatic heterocycles. The zero-order valence-electron chi connectivity index (χ0n) is 10.7. The Labute approximate surface area is 119 Å². The highest BCUT2D eigenvalue weighted by atomic mass is 79.9. The minimum absolute atomic E-state index is 0.310. The molecule has 19 heavy (non-hydrogen) atoms. The van der Waals surface area contributed by atoms with Gasteiger partial charge in [-0.05, 0) is 48.4 Å². The van der Waals surface area contributed by atoms with E-state index in [1.54, 1.807) is 6.07 Å². The smallest absolute Gasteiger partial charge is 0.201 e. The van der Waals surface area contributed by atoms with Crippen LogP contribution in [0.15, 0.2) is 16.6 Å². The van der Waals surface area contributed by atoms with Crippen molar-refractivity contribution in [2.75, 3.05) is 19.3 Å². The Morgan fingerprint density at radius 1 is 1.53 bits per heavy atom. The zero-order chi connectivity index (χ0) is 13.6. The summed E-state index contributed by atoms with van der Waals surface area (Å²) in [6, 6.07) is 3.65. The van der Waals surface area contributed by atoms with Crippen LogP contribution in [-0.4, -0.2) is 34.1 Å². The van der Waals surface area contributed by atoms with E-state index in [1.165, 1.54) is 12.5 Å². The number of nitrogen functional groups attached to an aromatic ring is 1. The van der Waals surface area contributed by atoms with Crippen LogP contribution in [0.3, 0.4) is 0 Å². The van der Waals surface area contributed by atoms with Crippen molar-refractivity contribution in [3.63, 3.8) is 0 Å². The van der Waals surface area contributed by atoms with Gasteiger partial charge in [-0.3, -0.25) is 0 Å². The van der Waals surface area contributed by atoms with E-state index >= 15 is 0 Å². The van der Waals surface area contributed by atoms with Gasteiger partial charge in [-0.15, -0.1) is 0 Å². The second-order valence-corrected chi connectivity index (χ2v) is 5.97. The molecule has 102 valence electrons. The fourth-order valence-electron chi connectivity index (χ4n) is 2.75. The minimum atomic E-state index is -0.310. The van der Waals surface area contributed by atoms with E-state index in [1.807, 2.05) is 4.57 Å². The molecule has 0 aliphatic carbocycles. The van der Waals surface area contributed by atoms with Crippen LogP contribution < -0.4 is 5.73 Å². The summed E-state index contributed by atoms with van der Waals surface area (Å²) in [6.45, 7) is 1.92. The first kappa shape index (κ1) is 12.9. The van der Waals surface area contributed by atoms with Crippen LogP contribution in [0.1, 0.15) is 12.8 Å². The number of hydrogen-bond acceptors (Lipinski definition) is 3. The molecule has 2 aromatic rings. The number of likely N-dealkylation sites (tertiary alicyclic amines) is 1. The number of benzene rings is 1. The number of hydrogen-bond donors (Lipinski definition) is 1. The van der Waals surface area contributed by atoms with Gasteiger partial charge in [-0.2, -0.15) is 0 Å².